The molecule has 4 rings (SSSR count). The van der Waals surface area contributed by atoms with Gasteiger partial charge >= 0.3 is 5.97 Å². The molecule has 0 unspecified atom stereocenters. The van der Waals surface area contributed by atoms with Crippen LogP contribution < -0.4 is 5.32 Å². The zero-order valence-electron chi connectivity index (χ0n) is 20.9. The lowest BCUT2D eigenvalue weighted by molar-refractivity contribution is -0.987. The average molecular weight is 459 g/mol. The van der Waals surface area contributed by atoms with Crippen molar-refractivity contribution < 1.29 is 19.1 Å². The molecule has 2 aromatic rings. The molecule has 33 heavy (non-hydrogen) atoms. The van der Waals surface area contributed by atoms with E-state index >= 15 is 0 Å². The van der Waals surface area contributed by atoms with Crippen LogP contribution in [0.3, 0.4) is 0 Å². The standard InChI is InChI=1S/C25H39N5O3/c1-6-29-23-20(15-26-29)22(28-19-9-13-33-14-10-19)21(17(2)27-23)16-30(25(3,4)5)11-7-18(8-12-30)24(31)32/h15,18-19H,6-14,16H2,1-5H3,(H-,26,27,28,31,32)/p+1. The van der Waals surface area contributed by atoms with Crippen LogP contribution in [0, 0.1) is 12.8 Å². The van der Waals surface area contributed by atoms with Gasteiger partial charge in [0.15, 0.2) is 5.65 Å². The lowest BCUT2D eigenvalue weighted by Crippen LogP contribution is -2.63. The highest BCUT2D eigenvalue weighted by molar-refractivity contribution is 5.91. The van der Waals surface area contributed by atoms with Gasteiger partial charge in [-0.05, 0) is 47.5 Å². The second-order valence-electron chi connectivity index (χ2n) is 10.8. The molecule has 0 aliphatic carbocycles. The molecule has 8 heteroatoms. The summed E-state index contributed by atoms with van der Waals surface area (Å²) in [4.78, 5) is 16.6. The number of hydrogen-bond acceptors (Lipinski definition) is 5. The van der Waals surface area contributed by atoms with Crippen molar-refractivity contribution in [2.45, 2.75) is 85.0 Å². The van der Waals surface area contributed by atoms with Crippen LogP contribution in [0.15, 0.2) is 6.20 Å². The maximum Gasteiger partial charge on any atom is 0.306 e. The minimum absolute atomic E-state index is 0.00554. The number of hydrogen-bond donors (Lipinski definition) is 2. The van der Waals surface area contributed by atoms with Crippen LogP contribution in [0.1, 0.15) is 64.6 Å². The smallest absolute Gasteiger partial charge is 0.306 e. The summed E-state index contributed by atoms with van der Waals surface area (Å²) in [5.41, 5.74) is 4.36. The van der Waals surface area contributed by atoms with Crippen LogP contribution >= 0.6 is 0 Å². The molecule has 0 aromatic carbocycles. The number of quaternary nitrogens is 1. The van der Waals surface area contributed by atoms with Crippen molar-refractivity contribution in [1.82, 2.24) is 14.8 Å². The fraction of sp³-hybridized carbons (Fsp3) is 0.720. The highest BCUT2D eigenvalue weighted by atomic mass is 16.5. The first-order chi connectivity index (χ1) is 15.6. The topological polar surface area (TPSA) is 89.3 Å². The first-order valence-electron chi connectivity index (χ1n) is 12.4. The zero-order chi connectivity index (χ0) is 23.8. The Morgan fingerprint density at radius 1 is 1.24 bits per heavy atom. The normalized spacial score (nSPS) is 24.8. The van der Waals surface area contributed by atoms with Gasteiger partial charge < -0.3 is 19.6 Å². The number of anilines is 1. The molecule has 2 N–H and O–H groups in total. The van der Waals surface area contributed by atoms with Crippen LogP contribution in [0.2, 0.25) is 0 Å². The van der Waals surface area contributed by atoms with Gasteiger partial charge in [-0.25, -0.2) is 9.67 Å². The summed E-state index contributed by atoms with van der Waals surface area (Å²) >= 11 is 0. The molecule has 0 radical (unpaired) electrons. The summed E-state index contributed by atoms with van der Waals surface area (Å²) in [6, 6.07) is 0.369. The van der Waals surface area contributed by atoms with Crippen LogP contribution in [0.4, 0.5) is 5.69 Å². The first kappa shape index (κ1) is 24.0. The molecule has 0 saturated carbocycles. The van der Waals surface area contributed by atoms with E-state index in [4.69, 9.17) is 9.72 Å². The number of likely N-dealkylation sites (tertiary alicyclic amines) is 1. The van der Waals surface area contributed by atoms with E-state index in [1.807, 2.05) is 10.9 Å². The Bertz CT molecular complexity index is 996. The molecule has 2 fully saturated rings. The Morgan fingerprint density at radius 3 is 2.48 bits per heavy atom. The van der Waals surface area contributed by atoms with Gasteiger partial charge in [-0.3, -0.25) is 4.79 Å². The summed E-state index contributed by atoms with van der Waals surface area (Å²) in [6.45, 7) is 16.0. The third-order valence-corrected chi connectivity index (χ3v) is 8.01. The lowest BCUT2D eigenvalue weighted by atomic mass is 9.88. The molecular formula is C25H40N5O3+. The number of carbonyl (C=O) groups is 1. The van der Waals surface area contributed by atoms with Crippen molar-refractivity contribution in [2.24, 2.45) is 5.92 Å². The molecular weight excluding hydrogens is 418 g/mol. The summed E-state index contributed by atoms with van der Waals surface area (Å²) in [6.07, 6.45) is 5.37. The molecule has 0 amide bonds. The molecule has 4 heterocycles. The van der Waals surface area contributed by atoms with E-state index < -0.39 is 5.97 Å². The van der Waals surface area contributed by atoms with Gasteiger partial charge in [-0.2, -0.15) is 5.10 Å². The Hall–Kier alpha value is -2.19. The van der Waals surface area contributed by atoms with Crippen molar-refractivity contribution in [3.63, 3.8) is 0 Å². The van der Waals surface area contributed by atoms with E-state index in [-0.39, 0.29) is 11.5 Å². The number of carboxylic acids is 1. The van der Waals surface area contributed by atoms with E-state index in [1.54, 1.807) is 0 Å². The SMILES string of the molecule is CCn1ncc2c(NC3CCOCC3)c(C[N+]3(C(C)(C)C)CCC(C(=O)O)CC3)c(C)nc21. The number of nitrogens with zero attached hydrogens (tertiary/aromatic N) is 4. The molecule has 2 aromatic heterocycles. The van der Waals surface area contributed by atoms with Crippen LogP contribution in [0.5, 0.6) is 0 Å². The van der Waals surface area contributed by atoms with E-state index in [0.29, 0.717) is 6.04 Å². The van der Waals surface area contributed by atoms with Gasteiger partial charge in [0.05, 0.1) is 53.1 Å². The first-order valence-corrected chi connectivity index (χ1v) is 12.4. The third-order valence-electron chi connectivity index (χ3n) is 8.01. The minimum Gasteiger partial charge on any atom is -0.481 e. The Morgan fingerprint density at radius 2 is 1.91 bits per heavy atom. The van der Waals surface area contributed by atoms with Crippen molar-refractivity contribution in [3.8, 4) is 0 Å². The summed E-state index contributed by atoms with van der Waals surface area (Å²) in [5.74, 6) is -0.891. The van der Waals surface area contributed by atoms with Crippen molar-refractivity contribution in [2.75, 3.05) is 31.6 Å². The van der Waals surface area contributed by atoms with E-state index in [1.165, 1.54) is 5.56 Å². The van der Waals surface area contributed by atoms with E-state index in [2.05, 4.69) is 45.0 Å². The van der Waals surface area contributed by atoms with Crippen LogP contribution in [-0.2, 0) is 22.6 Å². The molecule has 2 aliphatic rings. The Balaban J connectivity index is 1.77. The number of rotatable bonds is 6. The van der Waals surface area contributed by atoms with Crippen LogP contribution in [0.25, 0.3) is 11.0 Å². The highest BCUT2D eigenvalue weighted by Crippen LogP contribution is 2.39. The number of piperidine rings is 1. The monoisotopic (exact) mass is 458 g/mol. The number of aryl methyl sites for hydroxylation is 2. The Kier molecular flexibility index (Phi) is 6.69. The van der Waals surface area contributed by atoms with Gasteiger partial charge in [0.1, 0.15) is 6.54 Å². The fourth-order valence-electron chi connectivity index (χ4n) is 5.56. The number of carboxylic acid groups (broad SMARTS) is 1. The summed E-state index contributed by atoms with van der Waals surface area (Å²) in [5, 5.41) is 19.1. The zero-order valence-corrected chi connectivity index (χ0v) is 20.9. The summed E-state index contributed by atoms with van der Waals surface area (Å²) in [7, 11) is 0. The van der Waals surface area contributed by atoms with E-state index in [9.17, 15) is 9.90 Å². The average Bonchev–Trinajstić information content (AvgIpc) is 3.19. The molecule has 182 valence electrons. The second-order valence-corrected chi connectivity index (χ2v) is 10.8. The maximum absolute atomic E-state index is 11.6. The molecule has 8 nitrogen and oxygen atoms in total. The number of fused-ring (bicyclic) bond motifs is 1. The van der Waals surface area contributed by atoms with Crippen molar-refractivity contribution in [3.05, 3.63) is 17.5 Å². The maximum atomic E-state index is 11.6. The summed E-state index contributed by atoms with van der Waals surface area (Å²) < 4.78 is 8.43. The molecule has 0 bridgehead atoms. The molecule has 0 spiro atoms. The number of aromatic nitrogens is 3. The number of nitrogens with one attached hydrogen (secondary N) is 1. The number of aliphatic carboxylic acids is 1. The molecule has 2 aliphatic heterocycles. The Labute approximate surface area is 196 Å². The number of pyridine rings is 1. The predicted molar refractivity (Wildman–Crippen MR) is 129 cm³/mol. The lowest BCUT2D eigenvalue weighted by Gasteiger charge is -2.52. The predicted octanol–water partition coefficient (Wildman–Crippen LogP) is 3.96. The van der Waals surface area contributed by atoms with E-state index in [0.717, 1.165) is 92.0 Å². The van der Waals surface area contributed by atoms with Crippen molar-refractivity contribution in [1.29, 1.82) is 0 Å². The van der Waals surface area contributed by atoms with Gasteiger partial charge in [0, 0.05) is 38.6 Å². The fourth-order valence-corrected chi connectivity index (χ4v) is 5.56. The second kappa shape index (κ2) is 9.22. The highest BCUT2D eigenvalue weighted by Gasteiger charge is 2.45. The largest absolute Gasteiger partial charge is 0.481 e. The van der Waals surface area contributed by atoms with Gasteiger partial charge in [-0.15, -0.1) is 0 Å². The minimum atomic E-state index is -0.658. The van der Waals surface area contributed by atoms with Gasteiger partial charge in [0.2, 0.25) is 0 Å². The van der Waals surface area contributed by atoms with Crippen LogP contribution in [-0.4, -0.2) is 68.2 Å². The van der Waals surface area contributed by atoms with Gasteiger partial charge in [-0.1, -0.05) is 0 Å². The number of ether oxygens (including phenoxy) is 1. The van der Waals surface area contributed by atoms with Crippen molar-refractivity contribution >= 4 is 22.7 Å². The molecule has 2 saturated heterocycles. The third kappa shape index (κ3) is 4.60. The molecule has 0 atom stereocenters. The quantitative estimate of drug-likeness (QED) is 0.637. The van der Waals surface area contributed by atoms with Gasteiger partial charge in [0.25, 0.3) is 0 Å².